The summed E-state index contributed by atoms with van der Waals surface area (Å²) in [6, 6.07) is 15.8. The lowest BCUT2D eigenvalue weighted by atomic mass is 10.1. The molecule has 7 nitrogen and oxygen atoms in total. The van der Waals surface area contributed by atoms with Gasteiger partial charge in [-0.05, 0) is 55.8 Å². The number of nitrogens with one attached hydrogen (secondary N) is 2. The topological polar surface area (TPSA) is 93.2 Å². The fraction of sp³-hybridized carbons (Fsp3) is 0.143. The van der Waals surface area contributed by atoms with Gasteiger partial charge in [-0.25, -0.2) is 0 Å². The molecule has 1 amide bonds. The number of anilines is 3. The second-order valence-corrected chi connectivity index (χ2v) is 6.22. The third-order valence-electron chi connectivity index (χ3n) is 4.04. The molecule has 0 atom stereocenters. The van der Waals surface area contributed by atoms with Gasteiger partial charge in [-0.1, -0.05) is 18.2 Å². The van der Waals surface area contributed by atoms with Crippen LogP contribution in [0, 0.1) is 6.92 Å². The van der Waals surface area contributed by atoms with E-state index >= 15 is 0 Å². The molecule has 0 fully saturated rings. The maximum Gasteiger partial charge on any atom is 0.276 e. The van der Waals surface area contributed by atoms with Crippen LogP contribution in [0.25, 0.3) is 0 Å². The van der Waals surface area contributed by atoms with Crippen LogP contribution in [0.5, 0.6) is 5.75 Å². The number of ether oxygens (including phenoxy) is 1. The SMILES string of the molecule is COc1ccc(C)cc1NC(=O)c1ccc(Nc2cccc(C(C)=O)c2)nn1. The van der Waals surface area contributed by atoms with Gasteiger partial charge in [-0.15, -0.1) is 10.2 Å². The Labute approximate surface area is 162 Å². The number of benzene rings is 2. The number of aryl methyl sites for hydroxylation is 1. The summed E-state index contributed by atoms with van der Waals surface area (Å²) in [6.45, 7) is 3.44. The molecule has 0 aliphatic heterocycles. The van der Waals surface area contributed by atoms with Gasteiger partial charge < -0.3 is 15.4 Å². The van der Waals surface area contributed by atoms with Crippen molar-refractivity contribution in [2.45, 2.75) is 13.8 Å². The van der Waals surface area contributed by atoms with E-state index in [-0.39, 0.29) is 17.4 Å². The lowest BCUT2D eigenvalue weighted by Crippen LogP contribution is -2.15. The summed E-state index contributed by atoms with van der Waals surface area (Å²) in [5.41, 5.74) is 3.04. The number of hydrogen-bond acceptors (Lipinski definition) is 6. The minimum absolute atomic E-state index is 0.0201. The molecule has 1 heterocycles. The molecule has 0 aliphatic rings. The molecule has 2 N–H and O–H groups in total. The van der Waals surface area contributed by atoms with E-state index in [0.717, 1.165) is 5.56 Å². The monoisotopic (exact) mass is 376 g/mol. The van der Waals surface area contributed by atoms with Crippen molar-refractivity contribution in [2.24, 2.45) is 0 Å². The van der Waals surface area contributed by atoms with Gasteiger partial charge in [0.05, 0.1) is 12.8 Å². The van der Waals surface area contributed by atoms with Crippen molar-refractivity contribution in [1.29, 1.82) is 0 Å². The number of ketones is 1. The molecule has 0 spiro atoms. The average Bonchev–Trinajstić information content (AvgIpc) is 2.69. The molecular weight excluding hydrogens is 356 g/mol. The molecule has 3 aromatic rings. The van der Waals surface area contributed by atoms with Crippen LogP contribution in [0.4, 0.5) is 17.2 Å². The fourth-order valence-corrected chi connectivity index (χ4v) is 2.59. The normalized spacial score (nSPS) is 10.2. The lowest BCUT2D eigenvalue weighted by molar-refractivity contribution is 0.101. The lowest BCUT2D eigenvalue weighted by Gasteiger charge is -2.11. The van der Waals surface area contributed by atoms with E-state index < -0.39 is 0 Å². The Kier molecular flexibility index (Phi) is 5.64. The quantitative estimate of drug-likeness (QED) is 0.632. The van der Waals surface area contributed by atoms with Crippen molar-refractivity contribution in [2.75, 3.05) is 17.7 Å². The molecule has 0 radical (unpaired) electrons. The molecule has 1 aromatic heterocycles. The Morgan fingerprint density at radius 1 is 1.00 bits per heavy atom. The van der Waals surface area contributed by atoms with Crippen molar-refractivity contribution in [1.82, 2.24) is 10.2 Å². The molecule has 2 aromatic carbocycles. The molecule has 0 unspecified atom stereocenters. The van der Waals surface area contributed by atoms with Crippen molar-refractivity contribution >= 4 is 28.9 Å². The molecule has 3 rings (SSSR count). The summed E-state index contributed by atoms with van der Waals surface area (Å²) in [5, 5.41) is 13.9. The van der Waals surface area contributed by atoms with E-state index in [9.17, 15) is 9.59 Å². The first kappa shape index (κ1) is 19.0. The summed E-state index contributed by atoms with van der Waals surface area (Å²) in [4.78, 5) is 23.9. The molecule has 0 bridgehead atoms. The number of rotatable bonds is 6. The van der Waals surface area contributed by atoms with Gasteiger partial charge in [0.25, 0.3) is 5.91 Å². The number of hydrogen-bond donors (Lipinski definition) is 2. The summed E-state index contributed by atoms with van der Waals surface area (Å²) in [5.74, 6) is 0.621. The molecule has 0 aliphatic carbocycles. The second-order valence-electron chi connectivity index (χ2n) is 6.22. The maximum absolute atomic E-state index is 12.5. The second kappa shape index (κ2) is 8.30. The number of amides is 1. The van der Waals surface area contributed by atoms with E-state index in [0.29, 0.717) is 28.5 Å². The standard InChI is InChI=1S/C21H20N4O3/c1-13-7-9-19(28-3)18(11-13)23-21(27)17-8-10-20(25-24-17)22-16-6-4-5-15(12-16)14(2)26/h4-12H,1-3H3,(H,22,25)(H,23,27). The fourth-order valence-electron chi connectivity index (χ4n) is 2.59. The Hall–Kier alpha value is -3.74. The van der Waals surface area contributed by atoms with Crippen LogP contribution in [-0.2, 0) is 0 Å². The predicted molar refractivity (Wildman–Crippen MR) is 107 cm³/mol. The molecule has 0 saturated heterocycles. The van der Waals surface area contributed by atoms with Gasteiger partial charge in [0.2, 0.25) is 0 Å². The van der Waals surface area contributed by atoms with Crippen molar-refractivity contribution in [3.05, 3.63) is 71.4 Å². The Morgan fingerprint density at radius 2 is 1.82 bits per heavy atom. The van der Waals surface area contributed by atoms with Gasteiger partial charge in [-0.3, -0.25) is 9.59 Å². The highest BCUT2D eigenvalue weighted by Gasteiger charge is 2.12. The minimum Gasteiger partial charge on any atom is -0.495 e. The smallest absolute Gasteiger partial charge is 0.276 e. The summed E-state index contributed by atoms with van der Waals surface area (Å²) in [7, 11) is 1.54. The summed E-state index contributed by atoms with van der Waals surface area (Å²) >= 11 is 0. The van der Waals surface area contributed by atoms with Crippen LogP contribution in [0.1, 0.15) is 33.3 Å². The third kappa shape index (κ3) is 4.50. The molecule has 7 heteroatoms. The largest absolute Gasteiger partial charge is 0.495 e. The van der Waals surface area contributed by atoms with Gasteiger partial charge in [0.1, 0.15) is 5.75 Å². The highest BCUT2D eigenvalue weighted by atomic mass is 16.5. The van der Waals surface area contributed by atoms with Crippen LogP contribution in [0.15, 0.2) is 54.6 Å². The van der Waals surface area contributed by atoms with Gasteiger partial charge >= 0.3 is 0 Å². The molecule has 142 valence electrons. The zero-order valence-corrected chi connectivity index (χ0v) is 15.8. The summed E-state index contributed by atoms with van der Waals surface area (Å²) < 4.78 is 5.26. The van der Waals surface area contributed by atoms with Gasteiger partial charge in [0.15, 0.2) is 17.3 Å². The van der Waals surface area contributed by atoms with Crippen molar-refractivity contribution in [3.8, 4) is 5.75 Å². The van der Waals surface area contributed by atoms with E-state index in [2.05, 4.69) is 20.8 Å². The van der Waals surface area contributed by atoms with E-state index in [4.69, 9.17) is 4.74 Å². The number of methoxy groups -OCH3 is 1. The first-order valence-corrected chi connectivity index (χ1v) is 8.64. The highest BCUT2D eigenvalue weighted by molar-refractivity contribution is 6.03. The number of nitrogens with zero attached hydrogens (tertiary/aromatic N) is 2. The zero-order chi connectivity index (χ0) is 20.1. The van der Waals surface area contributed by atoms with Crippen LogP contribution < -0.4 is 15.4 Å². The first-order valence-electron chi connectivity index (χ1n) is 8.64. The maximum atomic E-state index is 12.5. The molecule has 0 saturated carbocycles. The predicted octanol–water partition coefficient (Wildman–Crippen LogP) is 3.99. The summed E-state index contributed by atoms with van der Waals surface area (Å²) in [6.07, 6.45) is 0. The number of carbonyl (C=O) groups excluding carboxylic acids is 2. The number of Topliss-reactive ketones (excluding diaryl/α,β-unsaturated/α-hetero) is 1. The van der Waals surface area contributed by atoms with E-state index in [1.54, 1.807) is 43.5 Å². The number of carbonyl (C=O) groups is 2. The van der Waals surface area contributed by atoms with Gasteiger partial charge in [0, 0.05) is 11.3 Å². The van der Waals surface area contributed by atoms with Gasteiger partial charge in [-0.2, -0.15) is 0 Å². The Balaban J connectivity index is 1.72. The molecule has 28 heavy (non-hydrogen) atoms. The third-order valence-corrected chi connectivity index (χ3v) is 4.04. The van der Waals surface area contributed by atoms with Crippen LogP contribution in [-0.4, -0.2) is 29.0 Å². The number of aromatic nitrogens is 2. The van der Waals surface area contributed by atoms with Crippen molar-refractivity contribution in [3.63, 3.8) is 0 Å². The average molecular weight is 376 g/mol. The Morgan fingerprint density at radius 3 is 2.50 bits per heavy atom. The minimum atomic E-state index is -0.387. The molecular formula is C21H20N4O3. The zero-order valence-electron chi connectivity index (χ0n) is 15.8. The van der Waals surface area contributed by atoms with Crippen LogP contribution in [0.2, 0.25) is 0 Å². The first-order chi connectivity index (χ1) is 13.5. The Bertz CT molecular complexity index is 1020. The van der Waals surface area contributed by atoms with Crippen LogP contribution in [0.3, 0.4) is 0 Å². The van der Waals surface area contributed by atoms with Crippen LogP contribution >= 0.6 is 0 Å². The van der Waals surface area contributed by atoms with Crippen molar-refractivity contribution < 1.29 is 14.3 Å². The van der Waals surface area contributed by atoms with E-state index in [1.165, 1.54) is 6.92 Å². The van der Waals surface area contributed by atoms with E-state index in [1.807, 2.05) is 25.1 Å². The highest BCUT2D eigenvalue weighted by Crippen LogP contribution is 2.25.